The molecule has 2 aliphatic heterocycles. The number of aromatic nitrogens is 1. The van der Waals surface area contributed by atoms with Crippen LogP contribution in [0.25, 0.3) is 0 Å². The summed E-state index contributed by atoms with van der Waals surface area (Å²) < 4.78 is 0. The third kappa shape index (κ3) is 2.63. The van der Waals surface area contributed by atoms with E-state index in [0.717, 1.165) is 37.6 Å². The molecule has 0 amide bonds. The summed E-state index contributed by atoms with van der Waals surface area (Å²) in [6.45, 7) is 6.15. The Hall–Kier alpha value is -1.62. The van der Waals surface area contributed by atoms with E-state index in [0.29, 0.717) is 11.6 Å². The predicted octanol–water partition coefficient (Wildman–Crippen LogP) is 1.76. The molecule has 2 fully saturated rings. The number of anilines is 1. The average Bonchev–Trinajstić information content (AvgIpc) is 2.75. The van der Waals surface area contributed by atoms with Crippen LogP contribution in [0.4, 0.5) is 5.82 Å². The topological polar surface area (TPSA) is 56.7 Å². The largest absolute Gasteiger partial charge is 0.478 e. The molecule has 5 heteroatoms. The first-order valence-electron chi connectivity index (χ1n) is 7.34. The molecule has 108 valence electrons. The molecule has 2 saturated heterocycles. The molecular formula is C15H21N3O2. The number of aryl methyl sites for hydroxylation is 1. The van der Waals surface area contributed by atoms with Gasteiger partial charge in [-0.2, -0.15) is 0 Å². The summed E-state index contributed by atoms with van der Waals surface area (Å²) in [5, 5.41) is 9.18. The summed E-state index contributed by atoms with van der Waals surface area (Å²) in [6, 6.07) is 3.94. The van der Waals surface area contributed by atoms with Crippen molar-refractivity contribution in [2.75, 3.05) is 31.1 Å². The maximum absolute atomic E-state index is 11.2. The molecule has 1 atom stereocenters. The van der Waals surface area contributed by atoms with Crippen molar-refractivity contribution in [2.45, 2.75) is 32.2 Å². The van der Waals surface area contributed by atoms with E-state index in [1.54, 1.807) is 12.1 Å². The van der Waals surface area contributed by atoms with E-state index in [-0.39, 0.29) is 0 Å². The Morgan fingerprint density at radius 3 is 2.90 bits per heavy atom. The molecule has 0 aliphatic carbocycles. The minimum atomic E-state index is -0.880. The molecule has 1 aromatic rings. The van der Waals surface area contributed by atoms with Crippen molar-refractivity contribution >= 4 is 11.8 Å². The molecule has 0 spiro atoms. The van der Waals surface area contributed by atoms with Crippen LogP contribution in [0.2, 0.25) is 0 Å². The first-order valence-corrected chi connectivity index (χ1v) is 7.34. The zero-order chi connectivity index (χ0) is 14.1. The number of fused-ring (bicyclic) bond motifs is 1. The lowest BCUT2D eigenvalue weighted by atomic mass is 10.2. The second kappa shape index (κ2) is 5.40. The minimum Gasteiger partial charge on any atom is -0.478 e. The molecule has 0 saturated carbocycles. The van der Waals surface area contributed by atoms with Crippen LogP contribution >= 0.6 is 0 Å². The van der Waals surface area contributed by atoms with Crippen molar-refractivity contribution in [1.29, 1.82) is 0 Å². The Morgan fingerprint density at radius 2 is 2.10 bits per heavy atom. The van der Waals surface area contributed by atoms with Gasteiger partial charge < -0.3 is 10.0 Å². The van der Waals surface area contributed by atoms with Crippen molar-refractivity contribution in [3.05, 3.63) is 23.4 Å². The van der Waals surface area contributed by atoms with E-state index in [1.165, 1.54) is 19.4 Å². The van der Waals surface area contributed by atoms with Crippen LogP contribution in [-0.4, -0.2) is 53.2 Å². The van der Waals surface area contributed by atoms with Crippen LogP contribution in [0.1, 0.15) is 35.3 Å². The molecule has 5 nitrogen and oxygen atoms in total. The van der Waals surface area contributed by atoms with Crippen LogP contribution in [-0.2, 0) is 0 Å². The summed E-state index contributed by atoms with van der Waals surface area (Å²) in [5.74, 6) is -0.0646. The fraction of sp³-hybridized carbons (Fsp3) is 0.600. The number of hydrogen-bond donors (Lipinski definition) is 1. The summed E-state index contributed by atoms with van der Waals surface area (Å²) >= 11 is 0. The quantitative estimate of drug-likeness (QED) is 0.891. The molecule has 1 unspecified atom stereocenters. The van der Waals surface area contributed by atoms with Gasteiger partial charge >= 0.3 is 5.97 Å². The Labute approximate surface area is 119 Å². The predicted molar refractivity (Wildman–Crippen MR) is 77.4 cm³/mol. The Kier molecular flexibility index (Phi) is 3.61. The number of carbonyl (C=O) groups is 1. The van der Waals surface area contributed by atoms with E-state index in [2.05, 4.69) is 14.8 Å². The van der Waals surface area contributed by atoms with Gasteiger partial charge in [-0.3, -0.25) is 4.90 Å². The molecule has 0 radical (unpaired) electrons. The number of carboxylic acid groups (broad SMARTS) is 1. The zero-order valence-corrected chi connectivity index (χ0v) is 11.9. The molecular weight excluding hydrogens is 254 g/mol. The van der Waals surface area contributed by atoms with Crippen molar-refractivity contribution in [1.82, 2.24) is 9.88 Å². The van der Waals surface area contributed by atoms with Gasteiger partial charge in [0.1, 0.15) is 5.82 Å². The molecule has 3 rings (SSSR count). The van der Waals surface area contributed by atoms with Crippen molar-refractivity contribution < 1.29 is 9.90 Å². The molecule has 3 heterocycles. The lowest BCUT2D eigenvalue weighted by molar-refractivity contribution is 0.0696. The van der Waals surface area contributed by atoms with Gasteiger partial charge in [-0.05, 0) is 44.9 Å². The highest BCUT2D eigenvalue weighted by Gasteiger charge is 2.29. The number of carboxylic acids is 1. The number of pyridine rings is 1. The molecule has 1 aromatic heterocycles. The normalized spacial score (nSPS) is 23.4. The standard InChI is InChI=1S/C15H21N3O2/c1-11-8-12(15(19)20)9-14(16-11)18-7-3-6-17-5-2-4-13(17)10-18/h8-9,13H,2-7,10H2,1H3,(H,19,20). The van der Waals surface area contributed by atoms with E-state index in [1.807, 2.05) is 6.92 Å². The van der Waals surface area contributed by atoms with Crippen molar-refractivity contribution in [3.63, 3.8) is 0 Å². The van der Waals surface area contributed by atoms with Crippen LogP contribution < -0.4 is 4.90 Å². The van der Waals surface area contributed by atoms with E-state index < -0.39 is 5.97 Å². The maximum atomic E-state index is 11.2. The van der Waals surface area contributed by atoms with Crippen molar-refractivity contribution in [2.24, 2.45) is 0 Å². The lowest BCUT2D eigenvalue weighted by Gasteiger charge is -2.26. The highest BCUT2D eigenvalue weighted by Crippen LogP contribution is 2.24. The van der Waals surface area contributed by atoms with E-state index in [4.69, 9.17) is 0 Å². The molecule has 20 heavy (non-hydrogen) atoms. The second-order valence-corrected chi connectivity index (χ2v) is 5.79. The van der Waals surface area contributed by atoms with Gasteiger partial charge in [0.05, 0.1) is 5.56 Å². The first-order chi connectivity index (χ1) is 9.63. The van der Waals surface area contributed by atoms with Crippen LogP contribution in [0.3, 0.4) is 0 Å². The van der Waals surface area contributed by atoms with Gasteiger partial charge in [0.2, 0.25) is 0 Å². The average molecular weight is 275 g/mol. The van der Waals surface area contributed by atoms with Gasteiger partial charge in [-0.25, -0.2) is 9.78 Å². The Morgan fingerprint density at radius 1 is 1.30 bits per heavy atom. The Balaban J connectivity index is 1.86. The monoisotopic (exact) mass is 275 g/mol. The minimum absolute atomic E-state index is 0.333. The lowest BCUT2D eigenvalue weighted by Crippen LogP contribution is -2.37. The summed E-state index contributed by atoms with van der Waals surface area (Å²) in [6.07, 6.45) is 3.64. The number of hydrogen-bond acceptors (Lipinski definition) is 4. The van der Waals surface area contributed by atoms with E-state index in [9.17, 15) is 9.90 Å². The first kappa shape index (κ1) is 13.4. The maximum Gasteiger partial charge on any atom is 0.335 e. The molecule has 2 aliphatic rings. The van der Waals surface area contributed by atoms with Gasteiger partial charge in [0, 0.05) is 31.4 Å². The fourth-order valence-corrected chi connectivity index (χ4v) is 3.35. The van der Waals surface area contributed by atoms with Crippen LogP contribution in [0.15, 0.2) is 12.1 Å². The van der Waals surface area contributed by atoms with Gasteiger partial charge in [0.15, 0.2) is 0 Å². The van der Waals surface area contributed by atoms with Crippen LogP contribution in [0, 0.1) is 6.92 Å². The highest BCUT2D eigenvalue weighted by molar-refractivity contribution is 5.88. The number of aromatic carboxylic acids is 1. The van der Waals surface area contributed by atoms with Crippen molar-refractivity contribution in [3.8, 4) is 0 Å². The summed E-state index contributed by atoms with van der Waals surface area (Å²) in [5.41, 5.74) is 1.10. The molecule has 1 N–H and O–H groups in total. The van der Waals surface area contributed by atoms with Gasteiger partial charge in [0.25, 0.3) is 0 Å². The SMILES string of the molecule is Cc1cc(C(=O)O)cc(N2CCCN3CCCC3C2)n1. The molecule has 0 bridgehead atoms. The third-order valence-corrected chi connectivity index (χ3v) is 4.31. The smallest absolute Gasteiger partial charge is 0.335 e. The second-order valence-electron chi connectivity index (χ2n) is 5.79. The van der Waals surface area contributed by atoms with Gasteiger partial charge in [-0.15, -0.1) is 0 Å². The Bertz CT molecular complexity index is 518. The molecule has 0 aromatic carbocycles. The number of nitrogens with zero attached hydrogens (tertiary/aromatic N) is 3. The van der Waals surface area contributed by atoms with Gasteiger partial charge in [-0.1, -0.05) is 0 Å². The summed E-state index contributed by atoms with van der Waals surface area (Å²) in [7, 11) is 0. The zero-order valence-electron chi connectivity index (χ0n) is 11.9. The third-order valence-electron chi connectivity index (χ3n) is 4.31. The summed E-state index contributed by atoms with van der Waals surface area (Å²) in [4.78, 5) is 20.5. The fourth-order valence-electron chi connectivity index (χ4n) is 3.35. The number of rotatable bonds is 2. The van der Waals surface area contributed by atoms with E-state index >= 15 is 0 Å². The highest BCUT2D eigenvalue weighted by atomic mass is 16.4. The van der Waals surface area contributed by atoms with Crippen LogP contribution in [0.5, 0.6) is 0 Å².